The Morgan fingerprint density at radius 2 is 1.79 bits per heavy atom. The van der Waals surface area contributed by atoms with Crippen LogP contribution < -0.4 is 5.32 Å². The Hall–Kier alpha value is -0.830. The van der Waals surface area contributed by atoms with Crippen molar-refractivity contribution in [3.8, 4) is 0 Å². The molecular formula is C16H17BrClN. The Kier molecular flexibility index (Phi) is 4.67. The van der Waals surface area contributed by atoms with Crippen molar-refractivity contribution < 1.29 is 0 Å². The summed E-state index contributed by atoms with van der Waals surface area (Å²) in [5, 5.41) is 4.12. The first-order chi connectivity index (χ1) is 9.02. The average molecular weight is 339 g/mol. The number of hydrogen-bond acceptors (Lipinski definition) is 1. The lowest BCUT2D eigenvalue weighted by molar-refractivity contribution is 0.691. The van der Waals surface area contributed by atoms with Crippen molar-refractivity contribution in [3.63, 3.8) is 0 Å². The van der Waals surface area contributed by atoms with E-state index in [1.165, 1.54) is 16.7 Å². The smallest absolute Gasteiger partial charge is 0.0589 e. The highest BCUT2D eigenvalue weighted by Gasteiger charge is 2.16. The van der Waals surface area contributed by atoms with E-state index >= 15 is 0 Å². The number of rotatable bonds is 3. The third-order valence-corrected chi connectivity index (χ3v) is 4.26. The third kappa shape index (κ3) is 3.19. The second-order valence-corrected chi connectivity index (χ2v) is 6.05. The minimum absolute atomic E-state index is 0.101. The van der Waals surface area contributed by atoms with Gasteiger partial charge < -0.3 is 5.32 Å². The van der Waals surface area contributed by atoms with Gasteiger partial charge in [0.2, 0.25) is 0 Å². The van der Waals surface area contributed by atoms with Crippen molar-refractivity contribution in [2.45, 2.75) is 19.9 Å². The van der Waals surface area contributed by atoms with E-state index in [2.05, 4.69) is 59.4 Å². The van der Waals surface area contributed by atoms with Crippen LogP contribution in [0.4, 0.5) is 0 Å². The van der Waals surface area contributed by atoms with Crippen molar-refractivity contribution in [3.05, 3.63) is 68.1 Å². The molecule has 0 saturated carbocycles. The van der Waals surface area contributed by atoms with Crippen LogP contribution in [0, 0.1) is 13.8 Å². The van der Waals surface area contributed by atoms with Gasteiger partial charge in [0.25, 0.3) is 0 Å². The van der Waals surface area contributed by atoms with Gasteiger partial charge in [-0.05, 0) is 61.3 Å². The molecular weight excluding hydrogens is 322 g/mol. The highest BCUT2D eigenvalue weighted by atomic mass is 79.9. The molecule has 2 aromatic rings. The van der Waals surface area contributed by atoms with Gasteiger partial charge in [0, 0.05) is 9.50 Å². The largest absolute Gasteiger partial charge is 0.309 e. The van der Waals surface area contributed by atoms with Crippen LogP contribution in [0.5, 0.6) is 0 Å². The second-order valence-electron chi connectivity index (χ2n) is 4.73. The summed E-state index contributed by atoms with van der Waals surface area (Å²) in [6.07, 6.45) is 0. The van der Waals surface area contributed by atoms with Crippen LogP contribution in [0.3, 0.4) is 0 Å². The van der Waals surface area contributed by atoms with E-state index in [-0.39, 0.29) is 6.04 Å². The maximum absolute atomic E-state index is 6.33. The van der Waals surface area contributed by atoms with Gasteiger partial charge in [-0.15, -0.1) is 0 Å². The zero-order valence-corrected chi connectivity index (χ0v) is 13.6. The molecule has 0 radical (unpaired) electrons. The van der Waals surface area contributed by atoms with E-state index in [9.17, 15) is 0 Å². The molecule has 0 amide bonds. The van der Waals surface area contributed by atoms with Gasteiger partial charge in [-0.1, -0.05) is 45.7 Å². The molecule has 0 aromatic heterocycles. The van der Waals surface area contributed by atoms with Crippen LogP contribution in [0.25, 0.3) is 0 Å². The molecule has 1 N–H and O–H groups in total. The molecule has 0 aliphatic rings. The molecule has 1 nitrogen and oxygen atoms in total. The maximum Gasteiger partial charge on any atom is 0.0589 e. The summed E-state index contributed by atoms with van der Waals surface area (Å²) in [4.78, 5) is 0. The fourth-order valence-corrected chi connectivity index (χ4v) is 2.79. The SMILES string of the molecule is CNC(c1ccc(C)c(C)c1)c1cc(Br)ccc1Cl. The Balaban J connectivity index is 2.49. The van der Waals surface area contributed by atoms with Crippen molar-refractivity contribution >= 4 is 27.5 Å². The molecule has 0 aliphatic heterocycles. The zero-order valence-electron chi connectivity index (χ0n) is 11.3. The molecule has 100 valence electrons. The summed E-state index contributed by atoms with van der Waals surface area (Å²) < 4.78 is 1.04. The van der Waals surface area contributed by atoms with Crippen molar-refractivity contribution in [1.29, 1.82) is 0 Å². The molecule has 0 fully saturated rings. The van der Waals surface area contributed by atoms with E-state index in [1.807, 2.05) is 19.2 Å². The van der Waals surface area contributed by atoms with E-state index in [1.54, 1.807) is 0 Å². The third-order valence-electron chi connectivity index (χ3n) is 3.42. The Labute approximate surface area is 128 Å². The molecule has 0 aliphatic carbocycles. The lowest BCUT2D eigenvalue weighted by Crippen LogP contribution is -2.18. The number of benzene rings is 2. The number of aryl methyl sites for hydroxylation is 2. The quantitative estimate of drug-likeness (QED) is 0.828. The van der Waals surface area contributed by atoms with Crippen LogP contribution in [0.2, 0.25) is 5.02 Å². The van der Waals surface area contributed by atoms with Gasteiger partial charge >= 0.3 is 0 Å². The van der Waals surface area contributed by atoms with Crippen molar-refractivity contribution in [1.82, 2.24) is 5.32 Å². The molecule has 19 heavy (non-hydrogen) atoms. The first kappa shape index (κ1) is 14.6. The van der Waals surface area contributed by atoms with Crippen molar-refractivity contribution in [2.75, 3.05) is 7.05 Å². The monoisotopic (exact) mass is 337 g/mol. The summed E-state index contributed by atoms with van der Waals surface area (Å²) in [6, 6.07) is 12.6. The molecule has 1 atom stereocenters. The van der Waals surface area contributed by atoms with Gasteiger partial charge in [-0.3, -0.25) is 0 Å². The van der Waals surface area contributed by atoms with E-state index in [0.717, 1.165) is 15.1 Å². The van der Waals surface area contributed by atoms with Crippen molar-refractivity contribution in [2.24, 2.45) is 0 Å². The fraction of sp³-hybridized carbons (Fsp3) is 0.250. The molecule has 1 unspecified atom stereocenters. The normalized spacial score (nSPS) is 12.5. The molecule has 3 heteroatoms. The first-order valence-electron chi connectivity index (χ1n) is 6.22. The van der Waals surface area contributed by atoms with Crippen LogP contribution in [0.15, 0.2) is 40.9 Å². The molecule has 0 bridgehead atoms. The van der Waals surface area contributed by atoms with Crippen LogP contribution in [-0.4, -0.2) is 7.05 Å². The molecule has 0 heterocycles. The predicted molar refractivity (Wildman–Crippen MR) is 86.0 cm³/mol. The molecule has 2 aromatic carbocycles. The lowest BCUT2D eigenvalue weighted by atomic mass is 9.96. The Morgan fingerprint density at radius 1 is 1.05 bits per heavy atom. The van der Waals surface area contributed by atoms with Gasteiger partial charge in [0.1, 0.15) is 0 Å². The summed E-state index contributed by atoms with van der Waals surface area (Å²) in [5.74, 6) is 0. The molecule has 2 rings (SSSR count). The summed E-state index contributed by atoms with van der Waals surface area (Å²) >= 11 is 9.84. The number of nitrogens with one attached hydrogen (secondary N) is 1. The Morgan fingerprint density at radius 3 is 2.42 bits per heavy atom. The predicted octanol–water partition coefficient (Wildman–Crippen LogP) is 5.03. The van der Waals surface area contributed by atoms with Gasteiger partial charge in [-0.2, -0.15) is 0 Å². The van der Waals surface area contributed by atoms with Crippen LogP contribution >= 0.6 is 27.5 Å². The summed E-state index contributed by atoms with van der Waals surface area (Å²) in [6.45, 7) is 4.26. The fourth-order valence-electron chi connectivity index (χ4n) is 2.18. The van der Waals surface area contributed by atoms with E-state index < -0.39 is 0 Å². The summed E-state index contributed by atoms with van der Waals surface area (Å²) in [5.41, 5.74) is 4.91. The minimum atomic E-state index is 0.101. The first-order valence-corrected chi connectivity index (χ1v) is 7.39. The van der Waals surface area contributed by atoms with Crippen LogP contribution in [-0.2, 0) is 0 Å². The van der Waals surface area contributed by atoms with E-state index in [0.29, 0.717) is 0 Å². The van der Waals surface area contributed by atoms with Gasteiger partial charge in [-0.25, -0.2) is 0 Å². The maximum atomic E-state index is 6.33. The van der Waals surface area contributed by atoms with Crippen LogP contribution in [0.1, 0.15) is 28.3 Å². The second kappa shape index (κ2) is 6.08. The standard InChI is InChI=1S/C16H17BrClN/c1-10-4-5-12(8-11(10)2)16(19-3)14-9-13(17)6-7-15(14)18/h4-9,16,19H,1-3H3. The minimum Gasteiger partial charge on any atom is -0.309 e. The molecule has 0 saturated heterocycles. The van der Waals surface area contributed by atoms with E-state index in [4.69, 9.17) is 11.6 Å². The number of halogens is 2. The van der Waals surface area contributed by atoms with Gasteiger partial charge in [0.15, 0.2) is 0 Å². The summed E-state index contributed by atoms with van der Waals surface area (Å²) in [7, 11) is 1.96. The number of hydrogen-bond donors (Lipinski definition) is 1. The highest BCUT2D eigenvalue weighted by Crippen LogP contribution is 2.31. The lowest BCUT2D eigenvalue weighted by Gasteiger charge is -2.20. The Bertz CT molecular complexity index is 595. The highest BCUT2D eigenvalue weighted by molar-refractivity contribution is 9.10. The van der Waals surface area contributed by atoms with Gasteiger partial charge in [0.05, 0.1) is 6.04 Å². The average Bonchev–Trinajstić information content (AvgIpc) is 2.38. The topological polar surface area (TPSA) is 12.0 Å². The molecule has 0 spiro atoms. The zero-order chi connectivity index (χ0) is 14.0.